The van der Waals surface area contributed by atoms with E-state index in [2.05, 4.69) is 16.5 Å². The Morgan fingerprint density at radius 2 is 2.07 bits per heavy atom. The molecule has 1 aliphatic heterocycles. The molecule has 1 atom stereocenters. The Morgan fingerprint density at radius 3 is 2.83 bits per heavy atom. The van der Waals surface area contributed by atoms with Crippen molar-refractivity contribution in [3.63, 3.8) is 0 Å². The SMILES string of the molecule is COc1ccc2[nH]c(C(=O)N3CCCC(n4c(C)cnc4C4CCC4)C3)cc2c1. The number of piperidine rings is 1. The molecular weight excluding hydrogens is 364 g/mol. The van der Waals surface area contributed by atoms with Gasteiger partial charge in [-0.3, -0.25) is 4.79 Å². The van der Waals surface area contributed by atoms with Crippen LogP contribution in [0, 0.1) is 6.92 Å². The van der Waals surface area contributed by atoms with Crippen LogP contribution in [0.1, 0.15) is 66.1 Å². The highest BCUT2D eigenvalue weighted by atomic mass is 16.5. The molecule has 0 radical (unpaired) electrons. The zero-order chi connectivity index (χ0) is 20.0. The number of amides is 1. The molecule has 1 saturated heterocycles. The maximum atomic E-state index is 13.2. The predicted octanol–water partition coefficient (Wildman–Crippen LogP) is 4.43. The van der Waals surface area contributed by atoms with Crippen molar-refractivity contribution < 1.29 is 9.53 Å². The number of H-pyrrole nitrogens is 1. The summed E-state index contributed by atoms with van der Waals surface area (Å²) in [4.78, 5) is 23.3. The summed E-state index contributed by atoms with van der Waals surface area (Å²) >= 11 is 0. The molecule has 3 aromatic rings. The van der Waals surface area contributed by atoms with Crippen molar-refractivity contribution in [1.82, 2.24) is 19.4 Å². The number of hydrogen-bond acceptors (Lipinski definition) is 3. The standard InChI is InChI=1S/C23H28N4O2/c1-15-13-24-22(16-5-3-6-16)27(15)18-7-4-10-26(14-18)23(28)21-12-17-11-19(29-2)8-9-20(17)25-21/h8-9,11-13,16,18,25H,3-7,10,14H2,1-2H3. The first-order chi connectivity index (χ1) is 14.1. The van der Waals surface area contributed by atoms with Crippen LogP contribution in [0.5, 0.6) is 5.75 Å². The molecule has 0 spiro atoms. The van der Waals surface area contributed by atoms with Crippen molar-refractivity contribution in [2.75, 3.05) is 20.2 Å². The smallest absolute Gasteiger partial charge is 0.270 e. The van der Waals surface area contributed by atoms with E-state index in [9.17, 15) is 4.79 Å². The number of aromatic nitrogens is 3. The fourth-order valence-electron chi connectivity index (χ4n) is 4.78. The van der Waals surface area contributed by atoms with E-state index in [-0.39, 0.29) is 5.91 Å². The maximum Gasteiger partial charge on any atom is 0.270 e. The van der Waals surface area contributed by atoms with Gasteiger partial charge in [-0.25, -0.2) is 4.98 Å². The zero-order valence-electron chi connectivity index (χ0n) is 17.1. The van der Waals surface area contributed by atoms with E-state index in [1.807, 2.05) is 35.4 Å². The van der Waals surface area contributed by atoms with Gasteiger partial charge in [-0.1, -0.05) is 6.42 Å². The summed E-state index contributed by atoms with van der Waals surface area (Å²) < 4.78 is 7.72. The number of likely N-dealkylation sites (tertiary alicyclic amines) is 1. The lowest BCUT2D eigenvalue weighted by Crippen LogP contribution is -2.41. The molecule has 5 rings (SSSR count). The molecule has 2 aromatic heterocycles. The van der Waals surface area contributed by atoms with Gasteiger partial charge >= 0.3 is 0 Å². The van der Waals surface area contributed by atoms with Crippen molar-refractivity contribution in [3.05, 3.63) is 47.7 Å². The highest BCUT2D eigenvalue weighted by molar-refractivity contribution is 5.98. The number of aryl methyl sites for hydroxylation is 1. The Bertz CT molecular complexity index is 1050. The van der Waals surface area contributed by atoms with E-state index < -0.39 is 0 Å². The first-order valence-electron chi connectivity index (χ1n) is 10.6. The molecule has 1 amide bonds. The largest absolute Gasteiger partial charge is 0.497 e. The van der Waals surface area contributed by atoms with Crippen LogP contribution in [-0.2, 0) is 0 Å². The number of methoxy groups -OCH3 is 1. The lowest BCUT2D eigenvalue weighted by atomic mass is 9.84. The van der Waals surface area contributed by atoms with E-state index in [1.54, 1.807) is 7.11 Å². The summed E-state index contributed by atoms with van der Waals surface area (Å²) in [6.45, 7) is 3.69. The van der Waals surface area contributed by atoms with Crippen molar-refractivity contribution in [2.24, 2.45) is 0 Å². The van der Waals surface area contributed by atoms with Crippen LogP contribution in [0.4, 0.5) is 0 Å². The van der Waals surface area contributed by atoms with Crippen LogP contribution in [0.15, 0.2) is 30.5 Å². The molecule has 1 N–H and O–H groups in total. The normalized spacial score (nSPS) is 20.1. The molecule has 1 aromatic carbocycles. The van der Waals surface area contributed by atoms with Crippen molar-refractivity contribution >= 4 is 16.8 Å². The third kappa shape index (κ3) is 3.20. The number of ether oxygens (including phenoxy) is 1. The molecule has 2 aliphatic rings. The van der Waals surface area contributed by atoms with Gasteiger partial charge in [0.1, 0.15) is 17.3 Å². The van der Waals surface area contributed by atoms with Gasteiger partial charge in [0, 0.05) is 41.8 Å². The van der Waals surface area contributed by atoms with Crippen LogP contribution < -0.4 is 4.74 Å². The molecule has 2 fully saturated rings. The summed E-state index contributed by atoms with van der Waals surface area (Å²) in [5, 5.41) is 0.999. The summed E-state index contributed by atoms with van der Waals surface area (Å²) in [5.41, 5.74) is 2.82. The number of nitrogens with zero attached hydrogens (tertiary/aromatic N) is 3. The van der Waals surface area contributed by atoms with Gasteiger partial charge in [0.15, 0.2) is 0 Å². The lowest BCUT2D eigenvalue weighted by molar-refractivity contribution is 0.0670. The van der Waals surface area contributed by atoms with E-state index in [0.29, 0.717) is 17.7 Å². The molecule has 1 aliphatic carbocycles. The van der Waals surface area contributed by atoms with Gasteiger partial charge in [0.05, 0.1) is 13.2 Å². The average molecular weight is 393 g/mol. The number of fused-ring (bicyclic) bond motifs is 1. The summed E-state index contributed by atoms with van der Waals surface area (Å²) in [7, 11) is 1.66. The molecule has 1 unspecified atom stereocenters. The molecule has 6 heteroatoms. The maximum absolute atomic E-state index is 13.2. The Balaban J connectivity index is 1.38. The van der Waals surface area contributed by atoms with Crippen LogP contribution in [0.2, 0.25) is 0 Å². The predicted molar refractivity (Wildman–Crippen MR) is 113 cm³/mol. The van der Waals surface area contributed by atoms with Gasteiger partial charge < -0.3 is 19.2 Å². The van der Waals surface area contributed by atoms with E-state index in [1.165, 1.54) is 30.8 Å². The number of carbonyl (C=O) groups is 1. The quantitative estimate of drug-likeness (QED) is 0.715. The van der Waals surface area contributed by atoms with E-state index >= 15 is 0 Å². The Kier molecular flexibility index (Phi) is 4.57. The van der Waals surface area contributed by atoms with Crippen LogP contribution in [-0.4, -0.2) is 45.5 Å². The fourth-order valence-corrected chi connectivity index (χ4v) is 4.78. The van der Waals surface area contributed by atoms with Crippen molar-refractivity contribution in [2.45, 2.75) is 51.0 Å². The van der Waals surface area contributed by atoms with Gasteiger partial charge in [0.25, 0.3) is 5.91 Å². The highest BCUT2D eigenvalue weighted by Crippen LogP contribution is 2.38. The Labute approximate surface area is 170 Å². The Hall–Kier alpha value is -2.76. The molecule has 29 heavy (non-hydrogen) atoms. The third-order valence-electron chi connectivity index (χ3n) is 6.59. The number of hydrogen-bond donors (Lipinski definition) is 1. The minimum absolute atomic E-state index is 0.0767. The second-order valence-corrected chi connectivity index (χ2v) is 8.44. The average Bonchev–Trinajstić information content (AvgIpc) is 3.29. The Morgan fingerprint density at radius 1 is 1.21 bits per heavy atom. The topological polar surface area (TPSA) is 63.2 Å². The number of aromatic amines is 1. The van der Waals surface area contributed by atoms with Crippen molar-refractivity contribution in [1.29, 1.82) is 0 Å². The zero-order valence-corrected chi connectivity index (χ0v) is 17.1. The highest BCUT2D eigenvalue weighted by Gasteiger charge is 2.31. The van der Waals surface area contributed by atoms with Crippen LogP contribution >= 0.6 is 0 Å². The lowest BCUT2D eigenvalue weighted by Gasteiger charge is -2.36. The first-order valence-corrected chi connectivity index (χ1v) is 10.6. The summed E-state index contributed by atoms with van der Waals surface area (Å²) in [6.07, 6.45) is 7.90. The molecule has 1 saturated carbocycles. The third-order valence-corrected chi connectivity index (χ3v) is 6.59. The molecule has 6 nitrogen and oxygen atoms in total. The van der Waals surface area contributed by atoms with Crippen LogP contribution in [0.3, 0.4) is 0 Å². The fraction of sp³-hybridized carbons (Fsp3) is 0.478. The summed E-state index contributed by atoms with van der Waals surface area (Å²) in [6, 6.07) is 8.08. The van der Waals surface area contributed by atoms with Gasteiger partial charge in [-0.05, 0) is 56.9 Å². The van der Waals surface area contributed by atoms with Gasteiger partial charge in [0.2, 0.25) is 0 Å². The molecule has 0 bridgehead atoms. The number of imidazole rings is 1. The van der Waals surface area contributed by atoms with E-state index in [0.717, 1.165) is 42.6 Å². The van der Waals surface area contributed by atoms with Crippen LogP contribution in [0.25, 0.3) is 10.9 Å². The second-order valence-electron chi connectivity index (χ2n) is 8.44. The molecular formula is C23H28N4O2. The number of nitrogens with one attached hydrogen (secondary N) is 1. The minimum Gasteiger partial charge on any atom is -0.497 e. The number of carbonyl (C=O) groups excluding carboxylic acids is 1. The molecule has 3 heterocycles. The monoisotopic (exact) mass is 392 g/mol. The van der Waals surface area contributed by atoms with Gasteiger partial charge in [-0.15, -0.1) is 0 Å². The van der Waals surface area contributed by atoms with Gasteiger partial charge in [-0.2, -0.15) is 0 Å². The minimum atomic E-state index is 0.0767. The molecule has 152 valence electrons. The van der Waals surface area contributed by atoms with Crippen molar-refractivity contribution in [3.8, 4) is 5.75 Å². The summed E-state index contributed by atoms with van der Waals surface area (Å²) in [5.74, 6) is 2.70. The number of benzene rings is 1. The first kappa shape index (κ1) is 18.3. The van der Waals surface area contributed by atoms with E-state index in [4.69, 9.17) is 9.72 Å². The second kappa shape index (κ2) is 7.25. The number of rotatable bonds is 4.